The lowest BCUT2D eigenvalue weighted by Gasteiger charge is -2.31. The van der Waals surface area contributed by atoms with Gasteiger partial charge in [-0.2, -0.15) is 0 Å². The molecule has 0 bridgehead atoms. The van der Waals surface area contributed by atoms with Crippen molar-refractivity contribution in [2.24, 2.45) is 0 Å². The average molecular weight is 277 g/mol. The summed E-state index contributed by atoms with van der Waals surface area (Å²) in [5, 5.41) is 17.8. The maximum Gasteiger partial charge on any atom is 0.138 e. The predicted octanol–water partition coefficient (Wildman–Crippen LogP) is 0.733. The minimum Gasteiger partial charge on any atom is -0.489 e. The van der Waals surface area contributed by atoms with Gasteiger partial charge in [-0.1, -0.05) is 5.92 Å². The van der Waals surface area contributed by atoms with Gasteiger partial charge < -0.3 is 19.7 Å². The molecule has 2 rings (SSSR count). The van der Waals surface area contributed by atoms with Gasteiger partial charge in [-0.25, -0.2) is 4.98 Å². The SMILES string of the molecule is CC(C#Cc1ccc(OC2CC(O)C2)cn1)OCCO. The summed E-state index contributed by atoms with van der Waals surface area (Å²) in [6.07, 6.45) is 2.63. The van der Waals surface area contributed by atoms with Crippen molar-refractivity contribution in [2.75, 3.05) is 13.2 Å². The van der Waals surface area contributed by atoms with E-state index >= 15 is 0 Å². The fourth-order valence-corrected chi connectivity index (χ4v) is 1.80. The minimum atomic E-state index is -0.239. The van der Waals surface area contributed by atoms with Crippen LogP contribution in [0.15, 0.2) is 18.3 Å². The van der Waals surface area contributed by atoms with Crippen molar-refractivity contribution in [3.63, 3.8) is 0 Å². The zero-order valence-corrected chi connectivity index (χ0v) is 11.5. The quantitative estimate of drug-likeness (QED) is 0.776. The van der Waals surface area contributed by atoms with Gasteiger partial charge in [0.05, 0.1) is 25.5 Å². The minimum absolute atomic E-state index is 0.00777. The Hall–Kier alpha value is -1.61. The topological polar surface area (TPSA) is 71.8 Å². The van der Waals surface area contributed by atoms with Crippen LogP contribution in [0, 0.1) is 11.8 Å². The molecule has 5 heteroatoms. The fraction of sp³-hybridized carbons (Fsp3) is 0.533. The molecule has 5 nitrogen and oxygen atoms in total. The Bertz CT molecular complexity index is 471. The molecule has 20 heavy (non-hydrogen) atoms. The Balaban J connectivity index is 1.83. The van der Waals surface area contributed by atoms with Crippen LogP contribution in [0.4, 0.5) is 0 Å². The maximum absolute atomic E-state index is 9.18. The number of rotatable bonds is 5. The maximum atomic E-state index is 9.18. The van der Waals surface area contributed by atoms with Crippen LogP contribution in [0.1, 0.15) is 25.5 Å². The van der Waals surface area contributed by atoms with Gasteiger partial charge in [-0.05, 0) is 25.0 Å². The molecule has 1 aliphatic rings. The molecule has 1 saturated carbocycles. The monoisotopic (exact) mass is 277 g/mol. The molecule has 0 aromatic carbocycles. The van der Waals surface area contributed by atoms with E-state index in [-0.39, 0.29) is 31.5 Å². The van der Waals surface area contributed by atoms with Crippen LogP contribution in [-0.4, -0.2) is 46.7 Å². The molecular formula is C15H19NO4. The van der Waals surface area contributed by atoms with Gasteiger partial charge >= 0.3 is 0 Å². The Morgan fingerprint density at radius 2 is 2.25 bits per heavy atom. The number of hydrogen-bond donors (Lipinski definition) is 2. The third-order valence-corrected chi connectivity index (χ3v) is 2.97. The van der Waals surface area contributed by atoms with E-state index < -0.39 is 0 Å². The number of ether oxygens (including phenoxy) is 2. The first kappa shape index (κ1) is 14.8. The second-order valence-corrected chi connectivity index (χ2v) is 4.75. The second-order valence-electron chi connectivity index (χ2n) is 4.75. The summed E-state index contributed by atoms with van der Waals surface area (Å²) in [7, 11) is 0. The van der Waals surface area contributed by atoms with E-state index in [1.807, 2.05) is 13.0 Å². The summed E-state index contributed by atoms with van der Waals surface area (Å²) in [5.74, 6) is 6.50. The van der Waals surface area contributed by atoms with E-state index in [9.17, 15) is 5.11 Å². The molecule has 1 aliphatic carbocycles. The van der Waals surface area contributed by atoms with Crippen molar-refractivity contribution < 1.29 is 19.7 Å². The highest BCUT2D eigenvalue weighted by molar-refractivity contribution is 5.32. The lowest BCUT2D eigenvalue weighted by atomic mass is 9.92. The summed E-state index contributed by atoms with van der Waals surface area (Å²) in [6.45, 7) is 2.09. The number of aromatic nitrogens is 1. The normalized spacial score (nSPS) is 22.4. The molecular weight excluding hydrogens is 258 g/mol. The van der Waals surface area contributed by atoms with Crippen LogP contribution in [0.5, 0.6) is 5.75 Å². The van der Waals surface area contributed by atoms with E-state index in [4.69, 9.17) is 14.6 Å². The largest absolute Gasteiger partial charge is 0.489 e. The highest BCUT2D eigenvalue weighted by atomic mass is 16.5. The zero-order valence-electron chi connectivity index (χ0n) is 11.5. The molecule has 0 amide bonds. The Morgan fingerprint density at radius 3 is 2.85 bits per heavy atom. The van der Waals surface area contributed by atoms with E-state index in [1.54, 1.807) is 12.3 Å². The fourth-order valence-electron chi connectivity index (χ4n) is 1.80. The van der Waals surface area contributed by atoms with Crippen molar-refractivity contribution in [2.45, 2.75) is 38.1 Å². The van der Waals surface area contributed by atoms with E-state index in [2.05, 4.69) is 16.8 Å². The van der Waals surface area contributed by atoms with Crippen molar-refractivity contribution in [3.8, 4) is 17.6 Å². The lowest BCUT2D eigenvalue weighted by Crippen LogP contribution is -2.37. The van der Waals surface area contributed by atoms with Crippen molar-refractivity contribution in [1.29, 1.82) is 0 Å². The molecule has 2 N–H and O–H groups in total. The molecule has 1 heterocycles. The van der Waals surface area contributed by atoms with Gasteiger partial charge in [0.1, 0.15) is 23.7 Å². The van der Waals surface area contributed by atoms with Gasteiger partial charge in [0, 0.05) is 12.8 Å². The summed E-state index contributed by atoms with van der Waals surface area (Å²) in [6, 6.07) is 3.61. The Morgan fingerprint density at radius 1 is 1.45 bits per heavy atom. The first-order chi connectivity index (χ1) is 9.67. The van der Waals surface area contributed by atoms with E-state index in [0.717, 1.165) is 0 Å². The molecule has 1 unspecified atom stereocenters. The lowest BCUT2D eigenvalue weighted by molar-refractivity contribution is -0.0109. The van der Waals surface area contributed by atoms with Gasteiger partial charge in [0.2, 0.25) is 0 Å². The predicted molar refractivity (Wildman–Crippen MR) is 73.3 cm³/mol. The molecule has 1 aromatic rings. The van der Waals surface area contributed by atoms with Crippen LogP contribution in [-0.2, 0) is 4.74 Å². The number of hydrogen-bond acceptors (Lipinski definition) is 5. The molecule has 0 saturated heterocycles. The number of nitrogens with zero attached hydrogens (tertiary/aromatic N) is 1. The van der Waals surface area contributed by atoms with Crippen LogP contribution in [0.3, 0.4) is 0 Å². The van der Waals surface area contributed by atoms with Gasteiger partial charge in [0.25, 0.3) is 0 Å². The summed E-state index contributed by atoms with van der Waals surface area (Å²) < 4.78 is 10.9. The zero-order chi connectivity index (χ0) is 14.4. The van der Waals surface area contributed by atoms with Gasteiger partial charge in [0.15, 0.2) is 0 Å². The summed E-state index contributed by atoms with van der Waals surface area (Å²) in [4.78, 5) is 4.20. The summed E-state index contributed by atoms with van der Waals surface area (Å²) >= 11 is 0. The highest BCUT2D eigenvalue weighted by Gasteiger charge is 2.28. The van der Waals surface area contributed by atoms with Gasteiger partial charge in [-0.3, -0.25) is 0 Å². The third-order valence-electron chi connectivity index (χ3n) is 2.97. The van der Waals surface area contributed by atoms with Crippen LogP contribution in [0.25, 0.3) is 0 Å². The first-order valence-electron chi connectivity index (χ1n) is 6.72. The van der Waals surface area contributed by atoms with E-state index in [1.165, 1.54) is 0 Å². The molecule has 108 valence electrons. The third kappa shape index (κ3) is 4.49. The van der Waals surface area contributed by atoms with Crippen molar-refractivity contribution >= 4 is 0 Å². The molecule has 1 fully saturated rings. The van der Waals surface area contributed by atoms with Crippen molar-refractivity contribution in [1.82, 2.24) is 4.98 Å². The number of aliphatic hydroxyl groups is 2. The smallest absolute Gasteiger partial charge is 0.138 e. The molecule has 1 atom stereocenters. The Labute approximate surface area is 118 Å². The first-order valence-corrected chi connectivity index (χ1v) is 6.72. The average Bonchev–Trinajstić information content (AvgIpc) is 2.42. The molecule has 1 aromatic heterocycles. The number of aliphatic hydroxyl groups excluding tert-OH is 2. The number of pyridine rings is 1. The van der Waals surface area contributed by atoms with Crippen LogP contribution < -0.4 is 4.74 Å². The van der Waals surface area contributed by atoms with Crippen LogP contribution >= 0.6 is 0 Å². The second kappa shape index (κ2) is 7.25. The van der Waals surface area contributed by atoms with Crippen LogP contribution in [0.2, 0.25) is 0 Å². The van der Waals surface area contributed by atoms with Crippen molar-refractivity contribution in [3.05, 3.63) is 24.0 Å². The standard InChI is InChI=1S/C15H19NO4/c1-11(19-7-6-17)2-3-12-4-5-14(10-16-12)20-15-8-13(18)9-15/h4-5,10-11,13,15,17-18H,6-9H2,1H3. The van der Waals surface area contributed by atoms with Gasteiger partial charge in [-0.15, -0.1) is 0 Å². The molecule has 0 radical (unpaired) electrons. The Kier molecular flexibility index (Phi) is 5.36. The highest BCUT2D eigenvalue weighted by Crippen LogP contribution is 2.25. The molecule has 0 spiro atoms. The molecule has 0 aliphatic heterocycles. The van der Waals surface area contributed by atoms with E-state index in [0.29, 0.717) is 24.3 Å². The summed E-state index contributed by atoms with van der Waals surface area (Å²) in [5.41, 5.74) is 0.644.